The quantitative estimate of drug-likeness (QED) is 0.322. The molecule has 1 N–H and O–H groups in total. The number of hydrogen-bond donors (Lipinski definition) is 1. The van der Waals surface area contributed by atoms with Crippen LogP contribution in [0.25, 0.3) is 0 Å². The first-order valence-corrected chi connectivity index (χ1v) is 8.91. The molecule has 1 aliphatic heterocycles. The van der Waals surface area contributed by atoms with Gasteiger partial charge in [0.05, 0.1) is 5.25 Å². The lowest BCUT2D eigenvalue weighted by Gasteiger charge is -2.24. The Morgan fingerprint density at radius 2 is 2.14 bits per heavy atom. The van der Waals surface area contributed by atoms with Gasteiger partial charge in [-0.3, -0.25) is 13.8 Å². The molecule has 3 rings (SSSR count). The summed E-state index contributed by atoms with van der Waals surface area (Å²) in [6, 6.07) is 0. The zero-order valence-electron chi connectivity index (χ0n) is 12.1. The normalized spacial score (nSPS) is 37.0. The second-order valence-corrected chi connectivity index (χ2v) is 7.82. The molecule has 3 aliphatic rings. The fourth-order valence-electron chi connectivity index (χ4n) is 3.77. The summed E-state index contributed by atoms with van der Waals surface area (Å²) in [7, 11) is -3.48. The highest BCUT2D eigenvalue weighted by Gasteiger charge is 2.65. The van der Waals surface area contributed by atoms with Gasteiger partial charge in [-0.25, -0.2) is 0 Å². The van der Waals surface area contributed by atoms with Crippen molar-refractivity contribution in [3.8, 4) is 0 Å². The smallest absolute Gasteiger partial charge is 0.306 e. The molecule has 0 aromatic heterocycles. The summed E-state index contributed by atoms with van der Waals surface area (Å²) < 4.78 is 34.2. The van der Waals surface area contributed by atoms with E-state index in [0.29, 0.717) is 19.4 Å². The number of nitrogens with one attached hydrogen (secondary N) is 1. The summed E-state index contributed by atoms with van der Waals surface area (Å²) in [5, 5.41) is 2.17. The number of fused-ring (bicyclic) bond motifs is 1. The summed E-state index contributed by atoms with van der Waals surface area (Å²) in [4.78, 5) is 22.8. The second-order valence-electron chi connectivity index (χ2n) is 6.04. The molecule has 0 spiro atoms. The van der Waals surface area contributed by atoms with E-state index in [2.05, 4.69) is 11.9 Å². The summed E-state index contributed by atoms with van der Waals surface area (Å²) in [5.74, 6) is -0.603. The van der Waals surface area contributed by atoms with Crippen molar-refractivity contribution in [2.24, 2.45) is 11.8 Å². The Balaban J connectivity index is 1.47. The van der Waals surface area contributed by atoms with Crippen LogP contribution in [0.5, 0.6) is 0 Å². The van der Waals surface area contributed by atoms with Crippen molar-refractivity contribution in [1.82, 2.24) is 5.32 Å². The van der Waals surface area contributed by atoms with Crippen LogP contribution >= 0.6 is 0 Å². The lowest BCUT2D eigenvalue weighted by molar-refractivity contribution is -0.156. The number of carbonyl (C=O) groups excluding carboxylic acids is 2. The van der Waals surface area contributed by atoms with E-state index in [-0.39, 0.29) is 30.1 Å². The highest BCUT2D eigenvalue weighted by Crippen LogP contribution is 2.55. The molecule has 2 saturated carbocycles. The minimum atomic E-state index is -3.48. The molecule has 0 aromatic carbocycles. The zero-order valence-corrected chi connectivity index (χ0v) is 12.9. The first-order chi connectivity index (χ1) is 10.4. The minimum Gasteiger partial charge on any atom is -0.459 e. The van der Waals surface area contributed by atoms with Crippen LogP contribution in [0.2, 0.25) is 0 Å². The molecule has 1 heterocycles. The molecule has 2 aliphatic carbocycles. The Morgan fingerprint density at radius 1 is 1.36 bits per heavy atom. The molecule has 1 amide bonds. The van der Waals surface area contributed by atoms with Gasteiger partial charge in [-0.15, -0.1) is 0 Å². The molecule has 2 bridgehead atoms. The van der Waals surface area contributed by atoms with E-state index in [9.17, 15) is 18.0 Å². The van der Waals surface area contributed by atoms with E-state index < -0.39 is 27.6 Å². The van der Waals surface area contributed by atoms with E-state index in [1.807, 2.05) is 0 Å². The van der Waals surface area contributed by atoms with Gasteiger partial charge < -0.3 is 10.1 Å². The van der Waals surface area contributed by atoms with E-state index >= 15 is 0 Å². The summed E-state index contributed by atoms with van der Waals surface area (Å²) in [5.41, 5.74) is 0. The average molecular weight is 329 g/mol. The topological polar surface area (TPSA) is 98.8 Å². The fourth-order valence-corrected chi connectivity index (χ4v) is 5.65. The SMILES string of the molecule is C=CC(=O)NCCCC(=O)OC1C2CC3C1OS(=O)(=O)C3C2. The first kappa shape index (κ1) is 15.5. The highest BCUT2D eigenvalue weighted by molar-refractivity contribution is 7.87. The molecular weight excluding hydrogens is 310 g/mol. The van der Waals surface area contributed by atoms with Crippen molar-refractivity contribution < 1.29 is 26.9 Å². The zero-order chi connectivity index (χ0) is 15.9. The summed E-state index contributed by atoms with van der Waals surface area (Å²) >= 11 is 0. The van der Waals surface area contributed by atoms with Crippen LogP contribution in [-0.2, 0) is 28.6 Å². The Hall–Kier alpha value is -1.41. The Morgan fingerprint density at radius 3 is 2.86 bits per heavy atom. The van der Waals surface area contributed by atoms with Gasteiger partial charge in [0.1, 0.15) is 12.2 Å². The van der Waals surface area contributed by atoms with Crippen LogP contribution in [-0.4, -0.2) is 44.3 Å². The molecule has 1 saturated heterocycles. The number of carbonyl (C=O) groups is 2. The number of esters is 1. The molecule has 22 heavy (non-hydrogen) atoms. The van der Waals surface area contributed by atoms with Crippen LogP contribution in [0, 0.1) is 11.8 Å². The van der Waals surface area contributed by atoms with Gasteiger partial charge >= 0.3 is 5.97 Å². The molecule has 0 radical (unpaired) electrons. The van der Waals surface area contributed by atoms with Gasteiger partial charge in [-0.2, -0.15) is 8.42 Å². The Labute approximate surface area is 129 Å². The average Bonchev–Trinajstić information content (AvgIpc) is 3.07. The highest BCUT2D eigenvalue weighted by atomic mass is 32.2. The van der Waals surface area contributed by atoms with Crippen molar-refractivity contribution in [3.05, 3.63) is 12.7 Å². The maximum Gasteiger partial charge on any atom is 0.306 e. The van der Waals surface area contributed by atoms with E-state index in [1.54, 1.807) is 0 Å². The third-order valence-electron chi connectivity index (χ3n) is 4.72. The standard InChI is InChI=1S/C14H19NO6S/c1-2-11(16)15-5-3-4-12(17)20-13-8-6-9-10(7-8)22(18,19)21-14(9)13/h2,8-10,13-14H,1,3-7H2,(H,15,16). The predicted molar refractivity (Wildman–Crippen MR) is 76.1 cm³/mol. The van der Waals surface area contributed by atoms with Crippen molar-refractivity contribution in [2.75, 3.05) is 6.54 Å². The first-order valence-electron chi connectivity index (χ1n) is 7.44. The molecule has 3 fully saturated rings. The van der Waals surface area contributed by atoms with Crippen molar-refractivity contribution in [3.63, 3.8) is 0 Å². The van der Waals surface area contributed by atoms with Gasteiger partial charge in [0, 0.05) is 24.8 Å². The van der Waals surface area contributed by atoms with Crippen LogP contribution in [0.1, 0.15) is 25.7 Å². The molecule has 122 valence electrons. The molecule has 8 heteroatoms. The lowest BCUT2D eigenvalue weighted by atomic mass is 9.94. The van der Waals surface area contributed by atoms with Gasteiger partial charge in [-0.1, -0.05) is 6.58 Å². The second kappa shape index (κ2) is 5.66. The molecular formula is C14H19NO6S. The number of hydrogen-bond acceptors (Lipinski definition) is 6. The Bertz CT molecular complexity index is 600. The third-order valence-corrected chi connectivity index (χ3v) is 6.50. The molecule has 0 aromatic rings. The van der Waals surface area contributed by atoms with Crippen molar-refractivity contribution in [1.29, 1.82) is 0 Å². The van der Waals surface area contributed by atoms with Crippen LogP contribution in [0.4, 0.5) is 0 Å². The van der Waals surface area contributed by atoms with Gasteiger partial charge in [0.15, 0.2) is 0 Å². The van der Waals surface area contributed by atoms with E-state index in [0.717, 1.165) is 6.42 Å². The van der Waals surface area contributed by atoms with E-state index in [4.69, 9.17) is 8.92 Å². The molecule has 5 atom stereocenters. The minimum absolute atomic E-state index is 0.0281. The lowest BCUT2D eigenvalue weighted by Crippen LogP contribution is -2.37. The van der Waals surface area contributed by atoms with Gasteiger partial charge in [0.25, 0.3) is 10.1 Å². The van der Waals surface area contributed by atoms with Gasteiger partial charge in [-0.05, 0) is 25.3 Å². The maximum absolute atomic E-state index is 11.9. The van der Waals surface area contributed by atoms with Crippen LogP contribution in [0.15, 0.2) is 12.7 Å². The molecule has 7 nitrogen and oxygen atoms in total. The number of amides is 1. The molecule has 5 unspecified atom stereocenters. The van der Waals surface area contributed by atoms with Crippen molar-refractivity contribution in [2.45, 2.75) is 43.1 Å². The maximum atomic E-state index is 11.9. The third kappa shape index (κ3) is 2.65. The summed E-state index contributed by atoms with van der Waals surface area (Å²) in [6.45, 7) is 3.70. The number of ether oxygens (including phenoxy) is 1. The largest absolute Gasteiger partial charge is 0.459 e. The monoisotopic (exact) mass is 329 g/mol. The fraction of sp³-hybridized carbons (Fsp3) is 0.714. The summed E-state index contributed by atoms with van der Waals surface area (Å²) in [6.07, 6.45) is 2.13. The van der Waals surface area contributed by atoms with Crippen molar-refractivity contribution >= 4 is 22.0 Å². The van der Waals surface area contributed by atoms with Crippen LogP contribution in [0.3, 0.4) is 0 Å². The van der Waals surface area contributed by atoms with Gasteiger partial charge in [0.2, 0.25) is 5.91 Å². The predicted octanol–water partition coefficient (Wildman–Crippen LogP) is 0.118. The van der Waals surface area contributed by atoms with E-state index in [1.165, 1.54) is 6.08 Å². The Kier molecular flexibility index (Phi) is 3.98. The van der Waals surface area contributed by atoms with Crippen LogP contribution < -0.4 is 5.32 Å². The number of rotatable bonds is 6.